The van der Waals surface area contributed by atoms with Gasteiger partial charge in [0.2, 0.25) is 0 Å². The van der Waals surface area contributed by atoms with Gasteiger partial charge in [-0.25, -0.2) is 0 Å². The van der Waals surface area contributed by atoms with E-state index in [1.807, 2.05) is 12.1 Å². The number of para-hydroxylation sites is 1. The van der Waals surface area contributed by atoms with Crippen LogP contribution in [-0.2, 0) is 0 Å². The monoisotopic (exact) mass is 702 g/mol. The highest BCUT2D eigenvalue weighted by Gasteiger charge is 2.22. The molecule has 0 radical (unpaired) electrons. The lowest BCUT2D eigenvalue weighted by atomic mass is 9.87. The molecule has 3 nitrogen and oxygen atoms in total. The third-order valence-corrected chi connectivity index (χ3v) is 11.1. The Kier molecular flexibility index (Phi) is 7.24. The Morgan fingerprint density at radius 3 is 1.67 bits per heavy atom. The van der Waals surface area contributed by atoms with E-state index < -0.39 is 0 Å². The second-order valence-corrected chi connectivity index (χ2v) is 14.3. The molecule has 0 saturated carbocycles. The van der Waals surface area contributed by atoms with Crippen molar-refractivity contribution in [3.8, 4) is 22.3 Å². The molecule has 1 aromatic heterocycles. The molecule has 1 atom stereocenters. The summed E-state index contributed by atoms with van der Waals surface area (Å²) in [6, 6.07) is 67.1. The molecule has 0 amide bonds. The fourth-order valence-corrected chi connectivity index (χ4v) is 8.51. The summed E-state index contributed by atoms with van der Waals surface area (Å²) in [5, 5.41) is 13.5. The fraction of sp³-hybridized carbons (Fsp3) is 0.0192. The molecule has 2 heterocycles. The average molecular weight is 703 g/mol. The molecule has 11 rings (SSSR count). The zero-order valence-corrected chi connectivity index (χ0v) is 29.9. The van der Waals surface area contributed by atoms with Gasteiger partial charge in [-0.15, -0.1) is 0 Å². The van der Waals surface area contributed by atoms with Crippen molar-refractivity contribution in [1.29, 1.82) is 0 Å². The van der Waals surface area contributed by atoms with Crippen molar-refractivity contribution in [1.82, 2.24) is 5.32 Å². The third-order valence-electron chi connectivity index (χ3n) is 11.1. The quantitative estimate of drug-likeness (QED) is 0.181. The van der Waals surface area contributed by atoms with Gasteiger partial charge in [0, 0.05) is 22.0 Å². The largest absolute Gasteiger partial charge is 0.456 e. The van der Waals surface area contributed by atoms with Crippen LogP contribution in [0.25, 0.3) is 82.2 Å². The number of rotatable bonds is 5. The van der Waals surface area contributed by atoms with E-state index in [4.69, 9.17) is 9.41 Å². The maximum absolute atomic E-state index is 6.48. The van der Waals surface area contributed by atoms with Crippen molar-refractivity contribution < 1.29 is 4.42 Å². The zero-order chi connectivity index (χ0) is 36.3. The van der Waals surface area contributed by atoms with Gasteiger partial charge < -0.3 is 9.73 Å². The van der Waals surface area contributed by atoms with Crippen LogP contribution in [0, 0.1) is 0 Å². The van der Waals surface area contributed by atoms with Crippen LogP contribution in [0.4, 0.5) is 0 Å². The number of aliphatic imine (C=N–C) groups is 1. The van der Waals surface area contributed by atoms with Crippen LogP contribution in [0.3, 0.4) is 0 Å². The minimum absolute atomic E-state index is 0.243. The van der Waals surface area contributed by atoms with E-state index in [2.05, 4.69) is 187 Å². The molecule has 0 fully saturated rings. The maximum atomic E-state index is 6.48. The summed E-state index contributed by atoms with van der Waals surface area (Å²) < 4.78 is 6.48. The minimum Gasteiger partial charge on any atom is -0.456 e. The van der Waals surface area contributed by atoms with Crippen LogP contribution < -0.4 is 5.32 Å². The Balaban J connectivity index is 1.08. The molecule has 0 aliphatic carbocycles. The number of benzene rings is 9. The van der Waals surface area contributed by atoms with E-state index in [1.54, 1.807) is 0 Å². The van der Waals surface area contributed by atoms with Crippen LogP contribution in [0.2, 0.25) is 0 Å². The molecule has 55 heavy (non-hydrogen) atoms. The Labute approximate surface area is 318 Å². The van der Waals surface area contributed by atoms with E-state index in [1.165, 1.54) is 37.9 Å². The highest BCUT2D eigenvalue weighted by Crippen LogP contribution is 2.45. The Hall–Kier alpha value is -7.23. The maximum Gasteiger partial charge on any atom is 0.145 e. The van der Waals surface area contributed by atoms with Gasteiger partial charge in [0.25, 0.3) is 0 Å². The van der Waals surface area contributed by atoms with Crippen LogP contribution >= 0.6 is 0 Å². The second-order valence-electron chi connectivity index (χ2n) is 14.3. The summed E-state index contributed by atoms with van der Waals surface area (Å²) in [5.41, 5.74) is 11.7. The van der Waals surface area contributed by atoms with Crippen LogP contribution in [0.1, 0.15) is 22.9 Å². The van der Waals surface area contributed by atoms with Crippen molar-refractivity contribution >= 4 is 65.7 Å². The van der Waals surface area contributed by atoms with Gasteiger partial charge in [0.05, 0.1) is 5.71 Å². The molecule has 1 N–H and O–H groups in total. The Bertz CT molecular complexity index is 3120. The molecular weight excluding hydrogens is 669 g/mol. The Morgan fingerprint density at radius 1 is 0.418 bits per heavy atom. The van der Waals surface area contributed by atoms with Crippen LogP contribution in [-0.4, -0.2) is 5.71 Å². The molecule has 3 heteroatoms. The van der Waals surface area contributed by atoms with Crippen molar-refractivity contribution in [2.75, 3.05) is 0 Å². The Morgan fingerprint density at radius 2 is 0.982 bits per heavy atom. The van der Waals surface area contributed by atoms with E-state index in [-0.39, 0.29) is 6.17 Å². The van der Waals surface area contributed by atoms with E-state index in [0.29, 0.717) is 0 Å². The second kappa shape index (κ2) is 12.7. The van der Waals surface area contributed by atoms with Crippen molar-refractivity contribution in [2.45, 2.75) is 6.17 Å². The van der Waals surface area contributed by atoms with Gasteiger partial charge in [-0.3, -0.25) is 4.99 Å². The van der Waals surface area contributed by atoms with Gasteiger partial charge in [-0.05, 0) is 90.0 Å². The van der Waals surface area contributed by atoms with E-state index >= 15 is 0 Å². The number of hydrogen-bond donors (Lipinski definition) is 1. The molecule has 258 valence electrons. The summed E-state index contributed by atoms with van der Waals surface area (Å²) in [6.07, 6.45) is 1.91. The molecule has 0 bridgehead atoms. The lowest BCUT2D eigenvalue weighted by Gasteiger charge is -2.25. The van der Waals surface area contributed by atoms with E-state index in [9.17, 15) is 0 Å². The van der Waals surface area contributed by atoms with Gasteiger partial charge in [-0.2, -0.15) is 0 Å². The SMILES string of the molecule is C1=C(c2ccccc2)NC(c2ccc(-c3ccc4oc5ccccc5c4c3-c3ccc4c5ccccc5c5ccccc5c4c3)cc2)N=C1c1ccccc1. The minimum atomic E-state index is -0.243. The van der Waals surface area contributed by atoms with Gasteiger partial charge >= 0.3 is 0 Å². The van der Waals surface area contributed by atoms with Crippen molar-refractivity contribution in [3.63, 3.8) is 0 Å². The topological polar surface area (TPSA) is 37.5 Å². The summed E-state index contributed by atoms with van der Waals surface area (Å²) >= 11 is 0. The normalized spacial score (nSPS) is 14.4. The number of nitrogens with zero attached hydrogens (tertiary/aromatic N) is 1. The molecule has 0 spiro atoms. The van der Waals surface area contributed by atoms with Crippen LogP contribution in [0.5, 0.6) is 0 Å². The molecule has 10 aromatic rings. The predicted molar refractivity (Wildman–Crippen MR) is 230 cm³/mol. The number of fused-ring (bicyclic) bond motifs is 9. The number of nitrogens with one attached hydrogen (secondary N) is 1. The molecule has 1 unspecified atom stereocenters. The molecule has 9 aromatic carbocycles. The fourth-order valence-electron chi connectivity index (χ4n) is 8.51. The first-order chi connectivity index (χ1) is 27.3. The third kappa shape index (κ3) is 5.24. The number of allylic oxidation sites excluding steroid dienone is 1. The summed E-state index contributed by atoms with van der Waals surface area (Å²) in [6.45, 7) is 0. The van der Waals surface area contributed by atoms with Gasteiger partial charge in [0.1, 0.15) is 17.3 Å². The first-order valence-electron chi connectivity index (χ1n) is 18.8. The lowest BCUT2D eigenvalue weighted by Crippen LogP contribution is -2.24. The first-order valence-corrected chi connectivity index (χ1v) is 18.8. The van der Waals surface area contributed by atoms with Crippen LogP contribution in [0.15, 0.2) is 204 Å². The van der Waals surface area contributed by atoms with Crippen molar-refractivity contribution in [3.05, 3.63) is 211 Å². The molecule has 1 aliphatic heterocycles. The average Bonchev–Trinajstić information content (AvgIpc) is 3.65. The van der Waals surface area contributed by atoms with E-state index in [0.717, 1.165) is 66.7 Å². The summed E-state index contributed by atoms with van der Waals surface area (Å²) in [5.74, 6) is 0. The highest BCUT2D eigenvalue weighted by atomic mass is 16.3. The van der Waals surface area contributed by atoms with Gasteiger partial charge in [-0.1, -0.05) is 170 Å². The first kappa shape index (κ1) is 31.3. The predicted octanol–water partition coefficient (Wildman–Crippen LogP) is 13.5. The van der Waals surface area contributed by atoms with Gasteiger partial charge in [0.15, 0.2) is 0 Å². The molecular formula is C52H34N2O. The standard InChI is InChI=1S/C52H34N2O/c1-3-13-34(14-4-1)46-32-47(35-15-5-2-6-16-35)54-52(53-46)36-25-23-33(24-26-36)38-29-30-49-51(44-21-11-12-22-48(44)55-49)50(38)37-27-28-43-41-19-8-7-17-39(41)40-18-9-10-20-42(40)45(43)31-37/h1-32,52-53H. The highest BCUT2D eigenvalue weighted by molar-refractivity contribution is 6.26. The summed E-state index contributed by atoms with van der Waals surface area (Å²) in [7, 11) is 0. The molecule has 1 aliphatic rings. The smallest absolute Gasteiger partial charge is 0.145 e. The zero-order valence-electron chi connectivity index (χ0n) is 29.9. The summed E-state index contributed by atoms with van der Waals surface area (Å²) in [4.78, 5) is 5.23. The van der Waals surface area contributed by atoms with Crippen molar-refractivity contribution in [2.24, 2.45) is 4.99 Å². The number of furan rings is 1. The lowest BCUT2D eigenvalue weighted by molar-refractivity contribution is 0.664. The number of hydrogen-bond acceptors (Lipinski definition) is 3. The molecule has 0 saturated heterocycles.